The highest BCUT2D eigenvalue weighted by atomic mass is 35.5. The van der Waals surface area contributed by atoms with Gasteiger partial charge in [0.05, 0.1) is 0 Å². The highest BCUT2D eigenvalue weighted by molar-refractivity contribution is 6.32. The fourth-order valence-corrected chi connectivity index (χ4v) is 5.75. The molecule has 1 N–H and O–H groups in total. The van der Waals surface area contributed by atoms with Gasteiger partial charge in [-0.2, -0.15) is 0 Å². The molecule has 4 fully saturated rings. The summed E-state index contributed by atoms with van der Waals surface area (Å²) in [6, 6.07) is 7.24. The Hall–Kier alpha value is -1.81. The lowest BCUT2D eigenvalue weighted by Crippen LogP contribution is -2.60. The van der Waals surface area contributed by atoms with Crippen LogP contribution in [-0.4, -0.2) is 24.0 Å². The van der Waals surface area contributed by atoms with Crippen molar-refractivity contribution in [3.63, 3.8) is 0 Å². The monoisotopic (exact) mass is 373 g/mol. The van der Waals surface area contributed by atoms with E-state index in [2.05, 4.69) is 5.32 Å². The normalized spacial score (nSPS) is 32.0. The Kier molecular flexibility index (Phi) is 4.78. The van der Waals surface area contributed by atoms with Crippen LogP contribution in [0.25, 0.3) is 6.08 Å². The van der Waals surface area contributed by atoms with Crippen molar-refractivity contribution < 1.29 is 14.3 Å². The molecule has 1 aromatic carbocycles. The predicted octanol–water partition coefficient (Wildman–Crippen LogP) is 3.98. The maximum absolute atomic E-state index is 12.3. The van der Waals surface area contributed by atoms with Crippen molar-refractivity contribution in [2.45, 2.75) is 44.1 Å². The Labute approximate surface area is 158 Å². The van der Waals surface area contributed by atoms with Gasteiger partial charge in [-0.3, -0.25) is 4.79 Å². The molecule has 0 atom stereocenters. The number of hydrogen-bond donors (Lipinski definition) is 1. The van der Waals surface area contributed by atoms with Crippen LogP contribution >= 0.6 is 11.6 Å². The van der Waals surface area contributed by atoms with Crippen LogP contribution in [0, 0.1) is 17.8 Å². The average molecular weight is 374 g/mol. The Bertz CT molecular complexity index is 707. The number of carbonyl (C=O) groups excluding carboxylic acids is 2. The molecular weight excluding hydrogens is 350 g/mol. The summed E-state index contributed by atoms with van der Waals surface area (Å²) in [4.78, 5) is 24.2. The molecule has 5 heteroatoms. The van der Waals surface area contributed by atoms with Gasteiger partial charge in [-0.15, -0.1) is 0 Å². The second-order valence-corrected chi connectivity index (χ2v) is 8.62. The molecule has 0 aromatic heterocycles. The van der Waals surface area contributed by atoms with Crippen molar-refractivity contribution in [3.05, 3.63) is 40.9 Å². The molecule has 4 saturated carbocycles. The van der Waals surface area contributed by atoms with Gasteiger partial charge in [-0.25, -0.2) is 4.79 Å². The summed E-state index contributed by atoms with van der Waals surface area (Å²) in [7, 11) is 0. The predicted molar refractivity (Wildman–Crippen MR) is 100 cm³/mol. The van der Waals surface area contributed by atoms with Gasteiger partial charge in [-0.1, -0.05) is 29.8 Å². The Morgan fingerprint density at radius 1 is 1.12 bits per heavy atom. The third-order valence-corrected chi connectivity index (χ3v) is 6.44. The Balaban J connectivity index is 1.28. The molecule has 5 rings (SSSR count). The maximum atomic E-state index is 12.3. The molecule has 0 saturated heterocycles. The fraction of sp³-hybridized carbons (Fsp3) is 0.524. The van der Waals surface area contributed by atoms with Crippen LogP contribution < -0.4 is 5.32 Å². The average Bonchev–Trinajstić information content (AvgIpc) is 2.57. The van der Waals surface area contributed by atoms with E-state index in [1.807, 2.05) is 18.2 Å². The van der Waals surface area contributed by atoms with Crippen molar-refractivity contribution in [1.82, 2.24) is 5.32 Å². The van der Waals surface area contributed by atoms with Crippen LogP contribution in [0.5, 0.6) is 0 Å². The summed E-state index contributed by atoms with van der Waals surface area (Å²) < 4.78 is 5.10. The molecular formula is C21H24ClNO3. The summed E-state index contributed by atoms with van der Waals surface area (Å²) in [5, 5.41) is 3.77. The van der Waals surface area contributed by atoms with E-state index in [0.29, 0.717) is 5.02 Å². The zero-order valence-corrected chi connectivity index (χ0v) is 15.5. The second kappa shape index (κ2) is 7.07. The minimum absolute atomic E-state index is 0.0500. The number of carbonyl (C=O) groups is 2. The number of halogens is 1. The van der Waals surface area contributed by atoms with Crippen LogP contribution in [0.2, 0.25) is 5.02 Å². The van der Waals surface area contributed by atoms with Crippen molar-refractivity contribution >= 4 is 29.6 Å². The summed E-state index contributed by atoms with van der Waals surface area (Å²) >= 11 is 6.04. The zero-order valence-electron chi connectivity index (χ0n) is 14.7. The maximum Gasteiger partial charge on any atom is 0.331 e. The number of amides is 1. The molecule has 0 radical (unpaired) electrons. The topological polar surface area (TPSA) is 55.4 Å². The van der Waals surface area contributed by atoms with Crippen molar-refractivity contribution in [3.8, 4) is 0 Å². The van der Waals surface area contributed by atoms with Gasteiger partial charge in [0.1, 0.15) is 0 Å². The summed E-state index contributed by atoms with van der Waals surface area (Å²) in [5.74, 6) is 1.57. The quantitative estimate of drug-likeness (QED) is 0.627. The van der Waals surface area contributed by atoms with E-state index < -0.39 is 5.97 Å². The molecule has 4 bridgehead atoms. The lowest BCUT2D eigenvalue weighted by Gasteiger charge is -2.56. The van der Waals surface area contributed by atoms with E-state index >= 15 is 0 Å². The molecule has 0 spiro atoms. The van der Waals surface area contributed by atoms with Crippen LogP contribution in [-0.2, 0) is 14.3 Å². The van der Waals surface area contributed by atoms with Gasteiger partial charge in [0.25, 0.3) is 5.91 Å². The van der Waals surface area contributed by atoms with Crippen molar-refractivity contribution in [2.75, 3.05) is 6.61 Å². The standard InChI is InChI=1S/C21H24ClNO3/c22-18-4-2-1-3-17(18)5-6-20(25)26-13-19(24)23-21-10-14-7-15(11-21)9-16(8-14)12-21/h1-6,14-16H,7-13H2,(H,23,24). The van der Waals surface area contributed by atoms with Gasteiger partial charge < -0.3 is 10.1 Å². The van der Waals surface area contributed by atoms with Crippen LogP contribution in [0.3, 0.4) is 0 Å². The first-order chi connectivity index (χ1) is 12.5. The van der Waals surface area contributed by atoms with E-state index in [1.165, 1.54) is 25.3 Å². The van der Waals surface area contributed by atoms with Crippen molar-refractivity contribution in [2.24, 2.45) is 17.8 Å². The van der Waals surface area contributed by atoms with Crippen LogP contribution in [0.4, 0.5) is 0 Å². The molecule has 1 amide bonds. The lowest BCUT2D eigenvalue weighted by molar-refractivity contribution is -0.145. The first-order valence-corrected chi connectivity index (χ1v) is 9.79. The smallest absolute Gasteiger partial charge is 0.331 e. The Morgan fingerprint density at radius 3 is 2.35 bits per heavy atom. The van der Waals surface area contributed by atoms with E-state index in [0.717, 1.165) is 42.6 Å². The molecule has 1 aromatic rings. The van der Waals surface area contributed by atoms with Crippen molar-refractivity contribution in [1.29, 1.82) is 0 Å². The number of esters is 1. The lowest BCUT2D eigenvalue weighted by atomic mass is 9.53. The number of ether oxygens (including phenoxy) is 1. The molecule has 138 valence electrons. The van der Waals surface area contributed by atoms with Crippen LogP contribution in [0.1, 0.15) is 44.1 Å². The van der Waals surface area contributed by atoms with E-state index in [-0.39, 0.29) is 18.1 Å². The molecule has 0 heterocycles. The van der Waals surface area contributed by atoms with E-state index in [9.17, 15) is 9.59 Å². The largest absolute Gasteiger partial charge is 0.452 e. The highest BCUT2D eigenvalue weighted by Gasteiger charge is 2.51. The zero-order chi connectivity index (χ0) is 18.1. The van der Waals surface area contributed by atoms with E-state index in [1.54, 1.807) is 12.1 Å². The minimum Gasteiger partial charge on any atom is -0.452 e. The van der Waals surface area contributed by atoms with Gasteiger partial charge >= 0.3 is 5.97 Å². The molecule has 0 aliphatic heterocycles. The SMILES string of the molecule is O=C(COC(=O)C=Cc1ccccc1Cl)NC12CC3CC(CC(C3)C1)C2. The molecule has 4 aliphatic carbocycles. The summed E-state index contributed by atoms with van der Waals surface area (Å²) in [5.41, 5.74) is 0.690. The summed E-state index contributed by atoms with van der Waals surface area (Å²) in [6.45, 7) is -0.229. The number of hydrogen-bond acceptors (Lipinski definition) is 3. The highest BCUT2D eigenvalue weighted by Crippen LogP contribution is 2.55. The minimum atomic E-state index is -0.536. The molecule has 4 aliphatic rings. The molecule has 0 unspecified atom stereocenters. The number of rotatable bonds is 5. The third-order valence-electron chi connectivity index (χ3n) is 6.09. The van der Waals surface area contributed by atoms with Gasteiger partial charge in [0.15, 0.2) is 6.61 Å². The fourth-order valence-electron chi connectivity index (χ4n) is 5.55. The number of nitrogens with one attached hydrogen (secondary N) is 1. The first-order valence-electron chi connectivity index (χ1n) is 9.42. The summed E-state index contributed by atoms with van der Waals surface area (Å²) in [6.07, 6.45) is 10.2. The van der Waals surface area contributed by atoms with Gasteiger partial charge in [0, 0.05) is 16.6 Å². The second-order valence-electron chi connectivity index (χ2n) is 8.21. The first kappa shape index (κ1) is 17.6. The van der Waals surface area contributed by atoms with E-state index in [4.69, 9.17) is 16.3 Å². The molecule has 4 nitrogen and oxygen atoms in total. The van der Waals surface area contributed by atoms with Crippen LogP contribution in [0.15, 0.2) is 30.3 Å². The molecule has 26 heavy (non-hydrogen) atoms. The van der Waals surface area contributed by atoms with Gasteiger partial charge in [0.2, 0.25) is 0 Å². The van der Waals surface area contributed by atoms with Gasteiger partial charge in [-0.05, 0) is 74.0 Å². The third kappa shape index (κ3) is 3.80. The number of benzene rings is 1. The Morgan fingerprint density at radius 2 is 1.73 bits per heavy atom.